The molecule has 2 aliphatic rings. The summed E-state index contributed by atoms with van der Waals surface area (Å²) in [6.07, 6.45) is 6.21. The molecule has 0 N–H and O–H groups in total. The molecule has 1 saturated carbocycles. The molecule has 3 heterocycles. The maximum Gasteiger partial charge on any atom is 0.257 e. The molecule has 5 rings (SSSR count). The van der Waals surface area contributed by atoms with Gasteiger partial charge in [0.05, 0.1) is 18.4 Å². The third-order valence-electron chi connectivity index (χ3n) is 6.03. The molecule has 1 aliphatic heterocycles. The number of amides is 2. The van der Waals surface area contributed by atoms with E-state index in [9.17, 15) is 9.59 Å². The van der Waals surface area contributed by atoms with Gasteiger partial charge in [-0.25, -0.2) is 0 Å². The summed E-state index contributed by atoms with van der Waals surface area (Å²) in [5.74, 6) is 0.773. The molecule has 8 nitrogen and oxygen atoms in total. The highest BCUT2D eigenvalue weighted by Crippen LogP contribution is 2.32. The number of hydrogen-bond acceptors (Lipinski definition) is 6. The number of rotatable bonds is 6. The number of furan rings is 1. The van der Waals surface area contributed by atoms with Crippen LogP contribution in [0.15, 0.2) is 51.7 Å². The van der Waals surface area contributed by atoms with Crippen LogP contribution in [0, 0.1) is 5.92 Å². The predicted molar refractivity (Wildman–Crippen MR) is 116 cm³/mol. The van der Waals surface area contributed by atoms with E-state index in [2.05, 4.69) is 10.2 Å². The molecule has 0 atom stereocenters. The molecule has 2 amide bonds. The van der Waals surface area contributed by atoms with Crippen molar-refractivity contribution in [3.63, 3.8) is 0 Å². The lowest BCUT2D eigenvalue weighted by atomic mass is 9.94. The molecule has 0 spiro atoms. The highest BCUT2D eigenvalue weighted by Gasteiger charge is 2.38. The first-order chi connectivity index (χ1) is 15.6. The molecule has 32 heavy (non-hydrogen) atoms. The normalized spacial score (nSPS) is 16.8. The SMILES string of the molecule is O=C(c1ccoc1)N1CCC(C(=O)N(Cc2nnc(-c3ccc(Cl)cc3)o2)C2CC2)CC1. The molecule has 2 fully saturated rings. The van der Waals surface area contributed by atoms with E-state index < -0.39 is 0 Å². The van der Waals surface area contributed by atoms with Crippen LogP contribution in [0.25, 0.3) is 11.5 Å². The smallest absolute Gasteiger partial charge is 0.257 e. The Labute approximate surface area is 190 Å². The van der Waals surface area contributed by atoms with E-state index in [-0.39, 0.29) is 23.8 Å². The standard InChI is InChI=1S/C23H23ClN4O4/c24-18-3-1-15(2-4-18)21-26-25-20(32-21)13-28(19-5-6-19)23(30)16-7-10-27(11-8-16)22(29)17-9-12-31-14-17/h1-4,9,12,14,16,19H,5-8,10-11,13H2. The fourth-order valence-corrected chi connectivity index (χ4v) is 4.20. The Kier molecular flexibility index (Phi) is 5.70. The second-order valence-corrected chi connectivity index (χ2v) is 8.72. The Morgan fingerprint density at radius 2 is 1.81 bits per heavy atom. The summed E-state index contributed by atoms with van der Waals surface area (Å²) in [6.45, 7) is 1.42. The van der Waals surface area contributed by atoms with Crippen LogP contribution in [-0.2, 0) is 11.3 Å². The monoisotopic (exact) mass is 454 g/mol. The van der Waals surface area contributed by atoms with Gasteiger partial charge in [0, 0.05) is 35.6 Å². The van der Waals surface area contributed by atoms with Crippen molar-refractivity contribution in [3.8, 4) is 11.5 Å². The average molecular weight is 455 g/mol. The van der Waals surface area contributed by atoms with Gasteiger partial charge in [0.1, 0.15) is 6.26 Å². The highest BCUT2D eigenvalue weighted by molar-refractivity contribution is 6.30. The van der Waals surface area contributed by atoms with Gasteiger partial charge in [0.15, 0.2) is 0 Å². The Morgan fingerprint density at radius 1 is 1.06 bits per heavy atom. The number of nitrogens with zero attached hydrogens (tertiary/aromatic N) is 4. The molecule has 3 aromatic rings. The van der Waals surface area contributed by atoms with Gasteiger partial charge in [-0.15, -0.1) is 10.2 Å². The maximum atomic E-state index is 13.3. The summed E-state index contributed by atoms with van der Waals surface area (Å²) < 4.78 is 10.8. The lowest BCUT2D eigenvalue weighted by molar-refractivity contribution is -0.138. The molecule has 1 saturated heterocycles. The van der Waals surface area contributed by atoms with Gasteiger partial charge >= 0.3 is 0 Å². The second kappa shape index (κ2) is 8.78. The van der Waals surface area contributed by atoms with E-state index >= 15 is 0 Å². The molecule has 0 unspecified atom stereocenters. The van der Waals surface area contributed by atoms with E-state index in [0.717, 1.165) is 18.4 Å². The molecule has 2 aromatic heterocycles. The molecular formula is C23H23ClN4O4. The van der Waals surface area contributed by atoms with E-state index in [0.29, 0.717) is 54.8 Å². The highest BCUT2D eigenvalue weighted by atomic mass is 35.5. The van der Waals surface area contributed by atoms with E-state index in [1.54, 1.807) is 23.1 Å². The number of likely N-dealkylation sites (tertiary alicyclic amines) is 1. The minimum Gasteiger partial charge on any atom is -0.472 e. The number of carbonyl (C=O) groups excluding carboxylic acids is 2. The molecular weight excluding hydrogens is 432 g/mol. The summed E-state index contributed by atoms with van der Waals surface area (Å²) in [6, 6.07) is 9.06. The van der Waals surface area contributed by atoms with Gasteiger partial charge in [-0.05, 0) is 56.0 Å². The number of aromatic nitrogens is 2. The summed E-state index contributed by atoms with van der Waals surface area (Å²) in [7, 11) is 0. The third kappa shape index (κ3) is 4.41. The van der Waals surface area contributed by atoms with Gasteiger partial charge in [-0.3, -0.25) is 9.59 Å². The zero-order valence-corrected chi connectivity index (χ0v) is 18.2. The second-order valence-electron chi connectivity index (χ2n) is 8.28. The first-order valence-corrected chi connectivity index (χ1v) is 11.2. The van der Waals surface area contributed by atoms with Crippen molar-refractivity contribution in [2.45, 2.75) is 38.3 Å². The quantitative estimate of drug-likeness (QED) is 0.558. The van der Waals surface area contributed by atoms with Crippen molar-refractivity contribution < 1.29 is 18.4 Å². The van der Waals surface area contributed by atoms with Gasteiger partial charge < -0.3 is 18.6 Å². The number of piperidine rings is 1. The minimum absolute atomic E-state index is 0.0516. The van der Waals surface area contributed by atoms with Crippen molar-refractivity contribution in [2.75, 3.05) is 13.1 Å². The Hall–Kier alpha value is -3.13. The lowest BCUT2D eigenvalue weighted by Gasteiger charge is -2.34. The van der Waals surface area contributed by atoms with Crippen molar-refractivity contribution in [3.05, 3.63) is 59.3 Å². The van der Waals surface area contributed by atoms with Crippen LogP contribution in [0.2, 0.25) is 5.02 Å². The van der Waals surface area contributed by atoms with Gasteiger partial charge in [-0.1, -0.05) is 11.6 Å². The average Bonchev–Trinajstić information content (AvgIpc) is 3.31. The number of halogens is 1. The summed E-state index contributed by atoms with van der Waals surface area (Å²) in [5.41, 5.74) is 1.33. The largest absolute Gasteiger partial charge is 0.472 e. The van der Waals surface area contributed by atoms with E-state index in [4.69, 9.17) is 20.4 Å². The van der Waals surface area contributed by atoms with Crippen LogP contribution >= 0.6 is 11.6 Å². The number of hydrogen-bond donors (Lipinski definition) is 0. The number of carbonyl (C=O) groups is 2. The first kappa shape index (κ1) is 20.8. The fraction of sp³-hybridized carbons (Fsp3) is 0.391. The van der Waals surface area contributed by atoms with Crippen LogP contribution < -0.4 is 0 Å². The molecule has 0 bridgehead atoms. The maximum absolute atomic E-state index is 13.3. The zero-order chi connectivity index (χ0) is 22.1. The molecule has 1 aromatic carbocycles. The molecule has 9 heteroatoms. The van der Waals surface area contributed by atoms with E-state index in [1.165, 1.54) is 12.5 Å². The Morgan fingerprint density at radius 3 is 2.47 bits per heavy atom. The molecule has 0 radical (unpaired) electrons. The molecule has 1 aliphatic carbocycles. The van der Waals surface area contributed by atoms with Gasteiger partial charge in [0.25, 0.3) is 5.91 Å². The predicted octanol–water partition coefficient (Wildman–Crippen LogP) is 4.03. The van der Waals surface area contributed by atoms with Crippen LogP contribution in [0.5, 0.6) is 0 Å². The van der Waals surface area contributed by atoms with Gasteiger partial charge in [0.2, 0.25) is 17.7 Å². The van der Waals surface area contributed by atoms with Crippen LogP contribution in [0.1, 0.15) is 41.9 Å². The Balaban J connectivity index is 1.22. The van der Waals surface area contributed by atoms with Crippen LogP contribution in [-0.4, -0.2) is 50.9 Å². The minimum atomic E-state index is -0.109. The lowest BCUT2D eigenvalue weighted by Crippen LogP contribution is -2.44. The summed E-state index contributed by atoms with van der Waals surface area (Å²) in [4.78, 5) is 29.5. The summed E-state index contributed by atoms with van der Waals surface area (Å²) >= 11 is 5.94. The van der Waals surface area contributed by atoms with Gasteiger partial charge in [-0.2, -0.15) is 0 Å². The van der Waals surface area contributed by atoms with Crippen molar-refractivity contribution in [2.24, 2.45) is 5.92 Å². The first-order valence-electron chi connectivity index (χ1n) is 10.8. The topological polar surface area (TPSA) is 92.7 Å². The van der Waals surface area contributed by atoms with E-state index in [1.807, 2.05) is 17.0 Å². The van der Waals surface area contributed by atoms with Crippen molar-refractivity contribution in [1.29, 1.82) is 0 Å². The third-order valence-corrected chi connectivity index (χ3v) is 6.29. The number of benzene rings is 1. The fourth-order valence-electron chi connectivity index (χ4n) is 4.08. The zero-order valence-electron chi connectivity index (χ0n) is 17.4. The molecule has 166 valence electrons. The Bertz CT molecular complexity index is 1080. The van der Waals surface area contributed by atoms with Crippen LogP contribution in [0.4, 0.5) is 0 Å². The summed E-state index contributed by atoms with van der Waals surface area (Å²) in [5, 5.41) is 8.91. The van der Waals surface area contributed by atoms with Crippen molar-refractivity contribution in [1.82, 2.24) is 20.0 Å². The van der Waals surface area contributed by atoms with Crippen molar-refractivity contribution >= 4 is 23.4 Å². The van der Waals surface area contributed by atoms with Crippen LogP contribution in [0.3, 0.4) is 0 Å².